The van der Waals surface area contributed by atoms with Crippen LogP contribution in [0.2, 0.25) is 0 Å². The normalized spacial score (nSPS) is 11.5. The van der Waals surface area contributed by atoms with E-state index >= 15 is 0 Å². The van der Waals surface area contributed by atoms with Gasteiger partial charge in [-0.1, -0.05) is 6.92 Å². The van der Waals surface area contributed by atoms with Gasteiger partial charge in [0, 0.05) is 12.1 Å². The molecule has 1 amide bonds. The van der Waals surface area contributed by atoms with E-state index in [1.54, 1.807) is 43.5 Å². The van der Waals surface area contributed by atoms with Gasteiger partial charge in [-0.3, -0.25) is 10.1 Å². The number of hydrogen-bond acceptors (Lipinski definition) is 4. The Morgan fingerprint density at radius 3 is 2.62 bits per heavy atom. The van der Waals surface area contributed by atoms with Crippen LogP contribution in [0.25, 0.3) is 11.0 Å². The van der Waals surface area contributed by atoms with Crippen LogP contribution in [0.1, 0.15) is 39.9 Å². The summed E-state index contributed by atoms with van der Waals surface area (Å²) in [5.74, 6) is -0.188. The second-order valence-electron chi connectivity index (χ2n) is 6.59. The average molecular weight is 333 g/mol. The molecule has 0 unspecified atom stereocenters. The first kappa shape index (κ1) is 17.8. The minimum absolute atomic E-state index is 0.134. The topological polar surface area (TPSA) is 93.5 Å². The van der Waals surface area contributed by atoms with Crippen molar-refractivity contribution >= 4 is 28.8 Å². The number of fused-ring (bicyclic) bond motifs is 1. The molecule has 0 saturated heterocycles. The van der Waals surface area contributed by atoms with E-state index in [0.717, 1.165) is 17.8 Å². The molecule has 1 aromatic heterocycles. The summed E-state index contributed by atoms with van der Waals surface area (Å²) in [4.78, 5) is 27.4. The van der Waals surface area contributed by atoms with Gasteiger partial charge in [-0.05, 0) is 45.4 Å². The molecule has 0 atom stereocenters. The lowest BCUT2D eigenvalue weighted by atomic mass is 10.2. The fourth-order valence-corrected chi connectivity index (χ4v) is 2.41. The molecule has 2 rings (SSSR count). The van der Waals surface area contributed by atoms with E-state index in [2.05, 4.69) is 10.3 Å². The summed E-state index contributed by atoms with van der Waals surface area (Å²) in [7, 11) is 0. The molecule has 1 heterocycles. The van der Waals surface area contributed by atoms with E-state index < -0.39 is 17.7 Å². The Morgan fingerprint density at radius 2 is 2.04 bits per heavy atom. The molecular formula is C17H23N3O4. The molecule has 0 aliphatic heterocycles. The third-order valence-electron chi connectivity index (χ3n) is 3.24. The highest BCUT2D eigenvalue weighted by Gasteiger charge is 2.17. The number of rotatable bonds is 5. The number of carbonyl (C=O) groups is 2. The SMILES string of the molecule is CCCc1nc2cc(NC(=O)OC(C)(C)C)ccc2n1CC(=O)O. The average Bonchev–Trinajstić information content (AvgIpc) is 2.73. The van der Waals surface area contributed by atoms with Crippen molar-refractivity contribution < 1.29 is 19.4 Å². The first-order valence-electron chi connectivity index (χ1n) is 7.90. The van der Waals surface area contributed by atoms with Crippen LogP contribution in [-0.2, 0) is 22.5 Å². The Morgan fingerprint density at radius 1 is 1.33 bits per heavy atom. The van der Waals surface area contributed by atoms with Crippen LogP contribution in [0.5, 0.6) is 0 Å². The molecule has 7 heteroatoms. The maximum Gasteiger partial charge on any atom is 0.412 e. The molecule has 2 N–H and O–H groups in total. The number of nitrogens with zero attached hydrogens (tertiary/aromatic N) is 2. The molecule has 130 valence electrons. The van der Waals surface area contributed by atoms with Crippen molar-refractivity contribution in [2.24, 2.45) is 0 Å². The summed E-state index contributed by atoms with van der Waals surface area (Å²) >= 11 is 0. The van der Waals surface area contributed by atoms with E-state index in [0.29, 0.717) is 17.6 Å². The second-order valence-corrected chi connectivity index (χ2v) is 6.59. The highest BCUT2D eigenvalue weighted by atomic mass is 16.6. The Hall–Kier alpha value is -2.57. The number of carboxylic acid groups (broad SMARTS) is 1. The predicted octanol–water partition coefficient (Wildman–Crippen LogP) is 3.42. The lowest BCUT2D eigenvalue weighted by molar-refractivity contribution is -0.137. The second kappa shape index (κ2) is 6.90. The maximum atomic E-state index is 11.8. The van der Waals surface area contributed by atoms with Crippen molar-refractivity contribution in [2.45, 2.75) is 52.7 Å². The molecule has 24 heavy (non-hydrogen) atoms. The van der Waals surface area contributed by atoms with Gasteiger partial charge in [0.15, 0.2) is 0 Å². The van der Waals surface area contributed by atoms with Crippen LogP contribution in [0, 0.1) is 0 Å². The molecular weight excluding hydrogens is 310 g/mol. The molecule has 0 aliphatic rings. The summed E-state index contributed by atoms with van der Waals surface area (Å²) < 4.78 is 6.91. The smallest absolute Gasteiger partial charge is 0.412 e. The number of nitrogens with one attached hydrogen (secondary N) is 1. The van der Waals surface area contributed by atoms with Crippen molar-refractivity contribution in [2.75, 3.05) is 5.32 Å². The zero-order valence-corrected chi connectivity index (χ0v) is 14.4. The Labute approximate surface area is 140 Å². The lowest BCUT2D eigenvalue weighted by Gasteiger charge is -2.19. The van der Waals surface area contributed by atoms with Gasteiger partial charge in [-0.2, -0.15) is 0 Å². The van der Waals surface area contributed by atoms with Crippen molar-refractivity contribution in [3.63, 3.8) is 0 Å². The monoisotopic (exact) mass is 333 g/mol. The van der Waals surface area contributed by atoms with Gasteiger partial charge in [0.1, 0.15) is 18.0 Å². The van der Waals surface area contributed by atoms with Crippen molar-refractivity contribution in [3.8, 4) is 0 Å². The molecule has 7 nitrogen and oxygen atoms in total. The third kappa shape index (κ3) is 4.47. The first-order valence-corrected chi connectivity index (χ1v) is 7.90. The van der Waals surface area contributed by atoms with Crippen LogP contribution in [0.4, 0.5) is 10.5 Å². The van der Waals surface area contributed by atoms with E-state index in [4.69, 9.17) is 9.84 Å². The predicted molar refractivity (Wildman–Crippen MR) is 91.2 cm³/mol. The summed E-state index contributed by atoms with van der Waals surface area (Å²) in [5, 5.41) is 11.8. The molecule has 2 aromatic rings. The first-order chi connectivity index (χ1) is 11.2. The summed E-state index contributed by atoms with van der Waals surface area (Å²) in [6.07, 6.45) is 1.02. The third-order valence-corrected chi connectivity index (χ3v) is 3.24. The number of ether oxygens (including phenoxy) is 1. The highest BCUT2D eigenvalue weighted by Crippen LogP contribution is 2.22. The molecule has 0 bridgehead atoms. The van der Waals surface area contributed by atoms with Crippen LogP contribution in [0.3, 0.4) is 0 Å². The highest BCUT2D eigenvalue weighted by molar-refractivity contribution is 5.89. The largest absolute Gasteiger partial charge is 0.480 e. The number of carboxylic acids is 1. The van der Waals surface area contributed by atoms with E-state index in [-0.39, 0.29) is 6.54 Å². The van der Waals surface area contributed by atoms with E-state index in [1.807, 2.05) is 6.92 Å². The van der Waals surface area contributed by atoms with E-state index in [1.165, 1.54) is 0 Å². The fraction of sp³-hybridized carbons (Fsp3) is 0.471. The van der Waals surface area contributed by atoms with Gasteiger partial charge in [-0.25, -0.2) is 9.78 Å². The number of aliphatic carboxylic acids is 1. The number of imidazole rings is 1. The van der Waals surface area contributed by atoms with Crippen molar-refractivity contribution in [3.05, 3.63) is 24.0 Å². The quantitative estimate of drug-likeness (QED) is 0.874. The minimum atomic E-state index is -0.914. The van der Waals surface area contributed by atoms with Crippen LogP contribution in [0.15, 0.2) is 18.2 Å². The number of aromatic nitrogens is 2. The van der Waals surface area contributed by atoms with Gasteiger partial charge in [0.2, 0.25) is 0 Å². The zero-order chi connectivity index (χ0) is 17.9. The number of aryl methyl sites for hydroxylation is 1. The number of carbonyl (C=O) groups excluding carboxylic acids is 1. The van der Waals surface area contributed by atoms with Gasteiger partial charge < -0.3 is 14.4 Å². The van der Waals surface area contributed by atoms with Gasteiger partial charge in [-0.15, -0.1) is 0 Å². The zero-order valence-electron chi connectivity index (χ0n) is 14.4. The molecule has 0 spiro atoms. The Kier molecular flexibility index (Phi) is 5.11. The van der Waals surface area contributed by atoms with Crippen molar-refractivity contribution in [1.29, 1.82) is 0 Å². The van der Waals surface area contributed by atoms with Gasteiger partial charge in [0.05, 0.1) is 11.0 Å². The van der Waals surface area contributed by atoms with Gasteiger partial charge in [0.25, 0.3) is 0 Å². The maximum absolute atomic E-state index is 11.8. The molecule has 0 fully saturated rings. The molecule has 0 saturated carbocycles. The number of anilines is 1. The number of benzene rings is 1. The van der Waals surface area contributed by atoms with Crippen LogP contribution < -0.4 is 5.32 Å². The Bertz CT molecular complexity index is 759. The lowest BCUT2D eigenvalue weighted by Crippen LogP contribution is -2.27. The standard InChI is InChI=1S/C17H23N3O4/c1-5-6-14-19-12-9-11(18-16(23)24-17(2,3)4)7-8-13(12)20(14)10-15(21)22/h7-9H,5-6,10H2,1-4H3,(H,18,23)(H,21,22). The summed E-state index contributed by atoms with van der Waals surface area (Å²) in [6.45, 7) is 7.26. The minimum Gasteiger partial charge on any atom is -0.480 e. The summed E-state index contributed by atoms with van der Waals surface area (Å²) in [5.41, 5.74) is 1.36. The molecule has 1 aromatic carbocycles. The van der Waals surface area contributed by atoms with Gasteiger partial charge >= 0.3 is 12.1 Å². The molecule has 0 aliphatic carbocycles. The van der Waals surface area contributed by atoms with E-state index in [9.17, 15) is 9.59 Å². The van der Waals surface area contributed by atoms with Crippen LogP contribution in [-0.4, -0.2) is 32.3 Å². The Balaban J connectivity index is 2.30. The van der Waals surface area contributed by atoms with Crippen LogP contribution >= 0.6 is 0 Å². The number of amides is 1. The number of hydrogen-bond donors (Lipinski definition) is 2. The molecule has 0 radical (unpaired) electrons. The summed E-state index contributed by atoms with van der Waals surface area (Å²) in [6, 6.07) is 5.19. The van der Waals surface area contributed by atoms with Crippen molar-refractivity contribution in [1.82, 2.24) is 9.55 Å². The fourth-order valence-electron chi connectivity index (χ4n) is 2.41.